The fraction of sp³-hybridized carbons (Fsp3) is 0.333. The van der Waals surface area contributed by atoms with Crippen LogP contribution in [0.15, 0.2) is 91.0 Å². The summed E-state index contributed by atoms with van der Waals surface area (Å²) in [4.78, 5) is 28.6. The van der Waals surface area contributed by atoms with Gasteiger partial charge in [0.1, 0.15) is 11.8 Å². The summed E-state index contributed by atoms with van der Waals surface area (Å²) in [6, 6.07) is 28.8. The molecule has 3 aromatic rings. The summed E-state index contributed by atoms with van der Waals surface area (Å²) in [5, 5.41) is 3.06. The lowest BCUT2D eigenvalue weighted by Gasteiger charge is -2.31. The third-order valence-electron chi connectivity index (χ3n) is 5.84. The van der Waals surface area contributed by atoms with Gasteiger partial charge in [0.05, 0.1) is 6.61 Å². The first-order chi connectivity index (χ1) is 17.2. The maximum absolute atomic E-state index is 13.5. The van der Waals surface area contributed by atoms with Crippen LogP contribution in [0.1, 0.15) is 43.7 Å². The first kappa shape index (κ1) is 26.0. The van der Waals surface area contributed by atoms with E-state index in [1.807, 2.05) is 91.0 Å². The highest BCUT2D eigenvalue weighted by molar-refractivity contribution is 5.88. The molecule has 0 aliphatic heterocycles. The highest BCUT2D eigenvalue weighted by Crippen LogP contribution is 2.17. The Morgan fingerprint density at radius 2 is 1.43 bits per heavy atom. The summed E-state index contributed by atoms with van der Waals surface area (Å²) >= 11 is 0. The van der Waals surface area contributed by atoms with Gasteiger partial charge in [0, 0.05) is 25.9 Å². The standard InChI is InChI=1S/C30H36N2O3/c1-2-3-21-31-30(34)28(23-25-14-7-4-8-15-25)32(24-26-16-9-5-10-17-26)29(33)20-13-22-35-27-18-11-6-12-19-27/h4-12,14-19,28H,2-3,13,20-24H2,1H3,(H,31,34)/t28-/m0/s1. The normalized spacial score (nSPS) is 11.5. The molecule has 0 aliphatic carbocycles. The average molecular weight is 473 g/mol. The van der Waals surface area contributed by atoms with E-state index >= 15 is 0 Å². The van der Waals surface area contributed by atoms with E-state index in [1.54, 1.807) is 4.90 Å². The van der Waals surface area contributed by atoms with E-state index in [0.717, 1.165) is 29.7 Å². The van der Waals surface area contributed by atoms with E-state index in [4.69, 9.17) is 4.74 Å². The minimum absolute atomic E-state index is 0.0444. The molecule has 35 heavy (non-hydrogen) atoms. The zero-order chi connectivity index (χ0) is 24.7. The molecule has 0 saturated heterocycles. The van der Waals surface area contributed by atoms with E-state index in [9.17, 15) is 9.59 Å². The molecule has 2 amide bonds. The van der Waals surface area contributed by atoms with Crippen LogP contribution in [-0.2, 0) is 22.6 Å². The van der Waals surface area contributed by atoms with Crippen molar-refractivity contribution in [3.8, 4) is 5.75 Å². The number of carbonyl (C=O) groups is 2. The maximum atomic E-state index is 13.5. The van der Waals surface area contributed by atoms with Crippen LogP contribution in [0.2, 0.25) is 0 Å². The molecule has 0 fully saturated rings. The smallest absolute Gasteiger partial charge is 0.243 e. The lowest BCUT2D eigenvalue weighted by atomic mass is 10.0. The molecule has 0 aromatic heterocycles. The lowest BCUT2D eigenvalue weighted by molar-refractivity contribution is -0.141. The zero-order valence-electron chi connectivity index (χ0n) is 20.6. The number of ether oxygens (including phenoxy) is 1. The van der Waals surface area contributed by atoms with Gasteiger partial charge in [-0.1, -0.05) is 92.2 Å². The van der Waals surface area contributed by atoms with Crippen LogP contribution < -0.4 is 10.1 Å². The first-order valence-corrected chi connectivity index (χ1v) is 12.5. The summed E-state index contributed by atoms with van der Waals surface area (Å²) in [5.74, 6) is 0.641. The molecule has 1 N–H and O–H groups in total. The number of rotatable bonds is 14. The SMILES string of the molecule is CCCCNC(=O)[C@H](Cc1ccccc1)N(Cc1ccccc1)C(=O)CCCOc1ccccc1. The number of carbonyl (C=O) groups excluding carboxylic acids is 2. The second kappa shape index (κ2) is 14.6. The third-order valence-corrected chi connectivity index (χ3v) is 5.84. The average Bonchev–Trinajstić information content (AvgIpc) is 2.90. The largest absolute Gasteiger partial charge is 0.494 e. The van der Waals surface area contributed by atoms with Crippen LogP contribution in [0.25, 0.3) is 0 Å². The van der Waals surface area contributed by atoms with Gasteiger partial charge in [-0.05, 0) is 36.1 Å². The molecule has 1 atom stereocenters. The predicted octanol–water partition coefficient (Wildman–Crippen LogP) is 5.40. The molecule has 0 aliphatic rings. The van der Waals surface area contributed by atoms with Crippen molar-refractivity contribution in [3.05, 3.63) is 102 Å². The molecule has 0 bridgehead atoms. The van der Waals surface area contributed by atoms with E-state index < -0.39 is 6.04 Å². The Balaban J connectivity index is 1.75. The molecule has 3 aromatic carbocycles. The van der Waals surface area contributed by atoms with Gasteiger partial charge in [-0.3, -0.25) is 9.59 Å². The van der Waals surface area contributed by atoms with Gasteiger partial charge in [-0.25, -0.2) is 0 Å². The summed E-state index contributed by atoms with van der Waals surface area (Å²) in [7, 11) is 0. The Kier molecular flexibility index (Phi) is 10.9. The van der Waals surface area contributed by atoms with Gasteiger partial charge < -0.3 is 15.0 Å². The third kappa shape index (κ3) is 8.93. The molecule has 0 spiro atoms. The number of nitrogens with one attached hydrogen (secondary N) is 1. The number of hydrogen-bond donors (Lipinski definition) is 1. The fourth-order valence-electron chi connectivity index (χ4n) is 3.91. The first-order valence-electron chi connectivity index (χ1n) is 12.5. The van der Waals surface area contributed by atoms with Crippen molar-refractivity contribution in [1.82, 2.24) is 10.2 Å². The number of hydrogen-bond acceptors (Lipinski definition) is 3. The fourth-order valence-corrected chi connectivity index (χ4v) is 3.91. The van der Waals surface area contributed by atoms with E-state index in [2.05, 4.69) is 12.2 Å². The number of para-hydroxylation sites is 1. The number of amides is 2. The van der Waals surface area contributed by atoms with Gasteiger partial charge in [0.2, 0.25) is 11.8 Å². The number of nitrogens with zero attached hydrogens (tertiary/aromatic N) is 1. The molecule has 0 radical (unpaired) electrons. The summed E-state index contributed by atoms with van der Waals surface area (Å²) < 4.78 is 5.77. The van der Waals surface area contributed by atoms with Crippen LogP contribution in [0.3, 0.4) is 0 Å². The Hall–Kier alpha value is -3.60. The van der Waals surface area contributed by atoms with Gasteiger partial charge >= 0.3 is 0 Å². The Morgan fingerprint density at radius 1 is 0.829 bits per heavy atom. The van der Waals surface area contributed by atoms with E-state index in [-0.39, 0.29) is 11.8 Å². The summed E-state index contributed by atoms with van der Waals surface area (Å²) in [5.41, 5.74) is 2.03. The molecule has 0 saturated carbocycles. The van der Waals surface area contributed by atoms with Crippen LogP contribution in [0, 0.1) is 0 Å². The monoisotopic (exact) mass is 472 g/mol. The van der Waals surface area contributed by atoms with Crippen LogP contribution in [0.4, 0.5) is 0 Å². The molecule has 3 rings (SSSR count). The van der Waals surface area contributed by atoms with Crippen molar-refractivity contribution in [2.75, 3.05) is 13.2 Å². The van der Waals surface area contributed by atoms with E-state index in [1.165, 1.54) is 0 Å². The molecule has 184 valence electrons. The summed E-state index contributed by atoms with van der Waals surface area (Å²) in [6.07, 6.45) is 3.27. The van der Waals surface area contributed by atoms with Gasteiger partial charge in [0.15, 0.2) is 0 Å². The Bertz CT molecular complexity index is 1010. The highest BCUT2D eigenvalue weighted by Gasteiger charge is 2.29. The van der Waals surface area contributed by atoms with Gasteiger partial charge in [-0.2, -0.15) is 0 Å². The van der Waals surface area contributed by atoms with Crippen molar-refractivity contribution in [1.29, 1.82) is 0 Å². The van der Waals surface area contributed by atoms with Crippen molar-refractivity contribution in [3.63, 3.8) is 0 Å². The molecule has 5 nitrogen and oxygen atoms in total. The molecule has 0 unspecified atom stereocenters. The predicted molar refractivity (Wildman–Crippen MR) is 140 cm³/mol. The molecular weight excluding hydrogens is 436 g/mol. The quantitative estimate of drug-likeness (QED) is 0.320. The highest BCUT2D eigenvalue weighted by atomic mass is 16.5. The van der Waals surface area contributed by atoms with Gasteiger partial charge in [0.25, 0.3) is 0 Å². The number of benzene rings is 3. The second-order valence-corrected chi connectivity index (χ2v) is 8.62. The number of unbranched alkanes of at least 4 members (excludes halogenated alkanes) is 1. The van der Waals surface area contributed by atoms with Crippen molar-refractivity contribution in [2.45, 2.75) is 51.6 Å². The lowest BCUT2D eigenvalue weighted by Crippen LogP contribution is -2.50. The van der Waals surface area contributed by atoms with Gasteiger partial charge in [-0.15, -0.1) is 0 Å². The minimum atomic E-state index is -0.586. The van der Waals surface area contributed by atoms with Crippen molar-refractivity contribution in [2.24, 2.45) is 0 Å². The van der Waals surface area contributed by atoms with Crippen LogP contribution in [0.5, 0.6) is 5.75 Å². The Labute approximate surface area is 209 Å². The molecule has 5 heteroatoms. The summed E-state index contributed by atoms with van der Waals surface area (Å²) in [6.45, 7) is 3.54. The minimum Gasteiger partial charge on any atom is -0.494 e. The molecule has 0 heterocycles. The van der Waals surface area contributed by atoms with Crippen molar-refractivity contribution < 1.29 is 14.3 Å². The Morgan fingerprint density at radius 3 is 2.06 bits per heavy atom. The van der Waals surface area contributed by atoms with E-state index in [0.29, 0.717) is 39.0 Å². The zero-order valence-corrected chi connectivity index (χ0v) is 20.6. The van der Waals surface area contributed by atoms with Crippen molar-refractivity contribution >= 4 is 11.8 Å². The topological polar surface area (TPSA) is 58.6 Å². The van der Waals surface area contributed by atoms with Crippen LogP contribution in [-0.4, -0.2) is 35.9 Å². The maximum Gasteiger partial charge on any atom is 0.243 e. The second-order valence-electron chi connectivity index (χ2n) is 8.62. The molecular formula is C30H36N2O3. The van der Waals surface area contributed by atoms with Crippen LogP contribution >= 0.6 is 0 Å².